The monoisotopic (exact) mass is 356 g/mol. The molecule has 1 aromatic carbocycles. The van der Waals surface area contributed by atoms with Crippen LogP contribution in [-0.2, 0) is 16.0 Å². The van der Waals surface area contributed by atoms with Gasteiger partial charge in [-0.3, -0.25) is 9.59 Å². The van der Waals surface area contributed by atoms with Crippen molar-refractivity contribution in [1.29, 1.82) is 0 Å². The van der Waals surface area contributed by atoms with Crippen LogP contribution < -0.4 is 5.32 Å². The first-order valence-corrected chi connectivity index (χ1v) is 7.54. The van der Waals surface area contributed by atoms with Gasteiger partial charge in [-0.05, 0) is 25.1 Å². The maximum Gasteiger partial charge on any atom is 0.325 e. The number of aryl methyl sites for hydroxylation is 1. The molecule has 0 spiro atoms. The third kappa shape index (κ3) is 4.71. The van der Waals surface area contributed by atoms with Gasteiger partial charge in [0.05, 0.1) is 11.2 Å². The van der Waals surface area contributed by atoms with Crippen LogP contribution in [0.1, 0.15) is 19.2 Å². The summed E-state index contributed by atoms with van der Waals surface area (Å²) in [6.45, 7) is 1.39. The van der Waals surface area contributed by atoms with Gasteiger partial charge in [-0.15, -0.1) is 0 Å². The van der Waals surface area contributed by atoms with Gasteiger partial charge in [-0.1, -0.05) is 23.2 Å². The summed E-state index contributed by atoms with van der Waals surface area (Å²) in [4.78, 5) is 26.4. The van der Waals surface area contributed by atoms with Crippen LogP contribution >= 0.6 is 23.2 Å². The molecule has 2 aromatic rings. The van der Waals surface area contributed by atoms with E-state index in [4.69, 9.17) is 32.7 Å². The third-order valence-electron chi connectivity index (χ3n) is 3.06. The van der Waals surface area contributed by atoms with Gasteiger partial charge in [0.15, 0.2) is 11.7 Å². The maximum absolute atomic E-state index is 11.6. The molecule has 0 aliphatic carbocycles. The maximum atomic E-state index is 11.6. The van der Waals surface area contributed by atoms with E-state index in [1.54, 1.807) is 18.2 Å². The molecular formula is C15H14Cl2N2O4. The van der Waals surface area contributed by atoms with Crippen molar-refractivity contribution in [2.45, 2.75) is 25.8 Å². The number of carboxylic acids is 1. The molecule has 122 valence electrons. The third-order valence-corrected chi connectivity index (χ3v) is 3.61. The lowest BCUT2D eigenvalue weighted by Gasteiger charge is -2.08. The van der Waals surface area contributed by atoms with Gasteiger partial charge >= 0.3 is 5.97 Å². The number of oxazole rings is 1. The highest BCUT2D eigenvalue weighted by atomic mass is 35.5. The molecule has 0 aliphatic rings. The van der Waals surface area contributed by atoms with Gasteiger partial charge in [0.1, 0.15) is 6.04 Å². The van der Waals surface area contributed by atoms with E-state index in [0.717, 1.165) is 0 Å². The lowest BCUT2D eigenvalue weighted by atomic mass is 10.2. The molecule has 1 heterocycles. The fourth-order valence-electron chi connectivity index (χ4n) is 1.84. The Morgan fingerprint density at radius 1 is 1.39 bits per heavy atom. The Morgan fingerprint density at radius 2 is 2.13 bits per heavy atom. The molecule has 0 saturated heterocycles. The lowest BCUT2D eigenvalue weighted by Crippen LogP contribution is -2.38. The van der Waals surface area contributed by atoms with Crippen molar-refractivity contribution in [3.05, 3.63) is 40.3 Å². The van der Waals surface area contributed by atoms with E-state index in [9.17, 15) is 9.59 Å². The van der Waals surface area contributed by atoms with E-state index < -0.39 is 12.0 Å². The molecule has 1 unspecified atom stereocenters. The molecule has 23 heavy (non-hydrogen) atoms. The number of rotatable bonds is 6. The fourth-order valence-corrected chi connectivity index (χ4v) is 2.34. The first-order valence-electron chi connectivity index (χ1n) is 6.79. The number of nitrogens with zero attached hydrogens (tertiary/aromatic N) is 1. The topological polar surface area (TPSA) is 92.4 Å². The van der Waals surface area contributed by atoms with Crippen LogP contribution in [-0.4, -0.2) is 28.0 Å². The second-order valence-corrected chi connectivity index (χ2v) is 5.71. The van der Waals surface area contributed by atoms with E-state index in [1.165, 1.54) is 13.1 Å². The Morgan fingerprint density at radius 3 is 2.78 bits per heavy atom. The number of carbonyl (C=O) groups is 2. The molecule has 1 atom stereocenters. The van der Waals surface area contributed by atoms with Gasteiger partial charge in [0.2, 0.25) is 5.91 Å². The second-order valence-electron chi connectivity index (χ2n) is 4.87. The quantitative estimate of drug-likeness (QED) is 0.828. The van der Waals surface area contributed by atoms with E-state index in [2.05, 4.69) is 10.3 Å². The van der Waals surface area contributed by atoms with Gasteiger partial charge in [0.25, 0.3) is 0 Å². The van der Waals surface area contributed by atoms with Crippen LogP contribution in [0.3, 0.4) is 0 Å². The van der Waals surface area contributed by atoms with Gasteiger partial charge in [-0.25, -0.2) is 4.98 Å². The van der Waals surface area contributed by atoms with E-state index in [1.807, 2.05) is 0 Å². The molecule has 8 heteroatoms. The average molecular weight is 357 g/mol. The standard InChI is InChI=1S/C15H14Cl2N2O4/c1-8(15(21)22)19-13(20)4-5-14-18-7-12(23-14)10-3-2-9(16)6-11(10)17/h2-3,6-8H,4-5H2,1H3,(H,19,20)(H,21,22). The zero-order chi connectivity index (χ0) is 17.0. The Kier molecular flexibility index (Phi) is 5.63. The molecule has 0 radical (unpaired) electrons. The van der Waals surface area contributed by atoms with Crippen molar-refractivity contribution in [3.8, 4) is 11.3 Å². The number of aromatic nitrogens is 1. The molecule has 0 aliphatic heterocycles. The largest absolute Gasteiger partial charge is 0.480 e. The zero-order valence-electron chi connectivity index (χ0n) is 12.2. The van der Waals surface area contributed by atoms with Crippen molar-refractivity contribution in [2.24, 2.45) is 0 Å². The summed E-state index contributed by atoms with van der Waals surface area (Å²) >= 11 is 11.9. The van der Waals surface area contributed by atoms with E-state index in [0.29, 0.717) is 27.3 Å². The number of benzene rings is 1. The van der Waals surface area contributed by atoms with Crippen LogP contribution in [0, 0.1) is 0 Å². The molecule has 1 amide bonds. The SMILES string of the molecule is CC(NC(=O)CCc1ncc(-c2ccc(Cl)cc2Cl)o1)C(=O)O. The minimum absolute atomic E-state index is 0.0753. The summed E-state index contributed by atoms with van der Waals surface area (Å²) in [6, 6.07) is 4.07. The Bertz CT molecular complexity index is 730. The first-order chi connectivity index (χ1) is 10.9. The highest BCUT2D eigenvalue weighted by Crippen LogP contribution is 2.30. The fraction of sp³-hybridized carbons (Fsp3) is 0.267. The van der Waals surface area contributed by atoms with Crippen molar-refractivity contribution < 1.29 is 19.1 Å². The van der Waals surface area contributed by atoms with Crippen LogP contribution in [0.15, 0.2) is 28.8 Å². The van der Waals surface area contributed by atoms with Crippen molar-refractivity contribution >= 4 is 35.1 Å². The van der Waals surface area contributed by atoms with E-state index in [-0.39, 0.29) is 18.7 Å². The number of amides is 1. The zero-order valence-corrected chi connectivity index (χ0v) is 13.7. The van der Waals surface area contributed by atoms with Crippen LogP contribution in [0.4, 0.5) is 0 Å². The number of hydrogen-bond donors (Lipinski definition) is 2. The minimum atomic E-state index is -1.09. The first kappa shape index (κ1) is 17.3. The molecule has 1 aromatic heterocycles. The van der Waals surface area contributed by atoms with Gasteiger partial charge in [-0.2, -0.15) is 0 Å². The lowest BCUT2D eigenvalue weighted by molar-refractivity contribution is -0.141. The molecule has 2 rings (SSSR count). The highest BCUT2D eigenvalue weighted by Gasteiger charge is 2.15. The summed E-state index contributed by atoms with van der Waals surface area (Å²) in [5.41, 5.74) is 0.652. The Labute approximate surface area is 142 Å². The van der Waals surface area contributed by atoms with Gasteiger partial charge in [0, 0.05) is 23.4 Å². The number of aliphatic carboxylic acids is 1. The van der Waals surface area contributed by atoms with Gasteiger partial charge < -0.3 is 14.8 Å². The van der Waals surface area contributed by atoms with Crippen molar-refractivity contribution in [2.75, 3.05) is 0 Å². The van der Waals surface area contributed by atoms with Crippen molar-refractivity contribution in [1.82, 2.24) is 10.3 Å². The molecule has 2 N–H and O–H groups in total. The summed E-state index contributed by atoms with van der Waals surface area (Å²) in [5, 5.41) is 12.0. The molecule has 0 saturated carbocycles. The predicted octanol–water partition coefficient (Wildman–Crippen LogP) is 3.17. The molecule has 0 fully saturated rings. The second kappa shape index (κ2) is 7.48. The summed E-state index contributed by atoms with van der Waals surface area (Å²) < 4.78 is 5.56. The molecule has 0 bridgehead atoms. The summed E-state index contributed by atoms with van der Waals surface area (Å²) in [7, 11) is 0. The number of hydrogen-bond acceptors (Lipinski definition) is 4. The normalized spacial score (nSPS) is 12.0. The van der Waals surface area contributed by atoms with E-state index >= 15 is 0 Å². The number of nitrogens with one attached hydrogen (secondary N) is 1. The summed E-state index contributed by atoms with van der Waals surface area (Å²) in [6.07, 6.45) is 1.84. The van der Waals surface area contributed by atoms with Crippen LogP contribution in [0.25, 0.3) is 11.3 Å². The molecular weight excluding hydrogens is 343 g/mol. The number of carboxylic acid groups (broad SMARTS) is 1. The number of carbonyl (C=O) groups excluding carboxylic acids is 1. The van der Waals surface area contributed by atoms with Crippen LogP contribution in [0.2, 0.25) is 10.0 Å². The molecule has 6 nitrogen and oxygen atoms in total. The summed E-state index contributed by atoms with van der Waals surface area (Å²) in [5.74, 6) is -0.636. The predicted molar refractivity (Wildman–Crippen MR) is 85.5 cm³/mol. The average Bonchev–Trinajstić information content (AvgIpc) is 2.93. The van der Waals surface area contributed by atoms with Crippen molar-refractivity contribution in [3.63, 3.8) is 0 Å². The Hall–Kier alpha value is -2.05. The minimum Gasteiger partial charge on any atom is -0.480 e. The van der Waals surface area contributed by atoms with Crippen LogP contribution in [0.5, 0.6) is 0 Å². The smallest absolute Gasteiger partial charge is 0.325 e. The Balaban J connectivity index is 1.97. The highest BCUT2D eigenvalue weighted by molar-refractivity contribution is 6.36. The number of halogens is 2.